The molecule has 0 bridgehead atoms. The van der Waals surface area contributed by atoms with Crippen molar-refractivity contribution in [2.24, 2.45) is 0 Å². The van der Waals surface area contributed by atoms with Gasteiger partial charge in [0.1, 0.15) is 0 Å². The fraction of sp³-hybridized carbons (Fsp3) is 0.438. The van der Waals surface area contributed by atoms with Gasteiger partial charge in [-0.25, -0.2) is 4.79 Å². The van der Waals surface area contributed by atoms with Crippen molar-refractivity contribution in [2.45, 2.75) is 20.4 Å². The first kappa shape index (κ1) is 24.8. The van der Waals surface area contributed by atoms with E-state index in [4.69, 9.17) is 10.5 Å². The van der Waals surface area contributed by atoms with E-state index in [1.165, 1.54) is 11.9 Å². The highest BCUT2D eigenvalue weighted by Gasteiger charge is 2.17. The maximum absolute atomic E-state index is 11.4. The zero-order valence-corrected chi connectivity index (χ0v) is 17.2. The minimum absolute atomic E-state index is 0. The minimum Gasteiger partial charge on any atom is -0.437 e. The van der Waals surface area contributed by atoms with Crippen LogP contribution in [0, 0.1) is 0 Å². The van der Waals surface area contributed by atoms with Crippen LogP contribution in [0.25, 0.3) is 0 Å². The number of halogens is 2. The third-order valence-corrected chi connectivity index (χ3v) is 3.66. The third kappa shape index (κ3) is 7.49. The second-order valence-electron chi connectivity index (χ2n) is 5.28. The highest BCUT2D eigenvalue weighted by Crippen LogP contribution is 2.24. The highest BCUT2D eigenvalue weighted by atomic mass is 35.5. The highest BCUT2D eigenvalue weighted by molar-refractivity contribution is 5.85. The lowest BCUT2D eigenvalue weighted by molar-refractivity contribution is 0.119. The van der Waals surface area contributed by atoms with E-state index in [1.807, 2.05) is 0 Å². The van der Waals surface area contributed by atoms with Crippen LogP contribution in [0.3, 0.4) is 0 Å². The van der Waals surface area contributed by atoms with Crippen molar-refractivity contribution in [3.63, 3.8) is 0 Å². The number of nitrogen functional groups attached to an aromatic ring is 1. The van der Waals surface area contributed by atoms with Gasteiger partial charge >= 0.3 is 6.16 Å². The third-order valence-electron chi connectivity index (χ3n) is 3.66. The van der Waals surface area contributed by atoms with Crippen molar-refractivity contribution in [1.29, 1.82) is 0 Å². The summed E-state index contributed by atoms with van der Waals surface area (Å²) in [6.07, 6.45) is -0.851. The Morgan fingerprint density at radius 3 is 2.37 bits per heavy atom. The van der Waals surface area contributed by atoms with Gasteiger partial charge in [0.15, 0.2) is 0 Å². The Balaban J connectivity index is 0.00000338. The predicted octanol–water partition coefficient (Wildman–Crippen LogP) is 2.93. The summed E-state index contributed by atoms with van der Waals surface area (Å²) < 4.78 is 9.60. The van der Waals surface area contributed by atoms with Crippen LogP contribution in [0.5, 0.6) is 5.88 Å². The van der Waals surface area contributed by atoms with Gasteiger partial charge in [0.2, 0.25) is 5.82 Å². The smallest absolute Gasteiger partial charge is 0.437 e. The molecule has 0 aliphatic carbocycles. The molecule has 0 fully saturated rings. The SMILES string of the molecule is CCN(CC)CCn1nc(Nc2ccc(N)cc2)c(OC(=O)OC)n1.Cl.Cl. The molecule has 0 amide bonds. The molecule has 9 nitrogen and oxygen atoms in total. The predicted molar refractivity (Wildman–Crippen MR) is 109 cm³/mol. The van der Waals surface area contributed by atoms with Crippen LogP contribution in [0.1, 0.15) is 13.8 Å². The van der Waals surface area contributed by atoms with Gasteiger partial charge in [0.05, 0.1) is 13.7 Å². The number of nitrogens with one attached hydrogen (secondary N) is 1. The first-order valence-corrected chi connectivity index (χ1v) is 8.11. The molecule has 0 atom stereocenters. The van der Waals surface area contributed by atoms with Crippen LogP contribution in [0.2, 0.25) is 0 Å². The zero-order valence-electron chi connectivity index (χ0n) is 15.5. The van der Waals surface area contributed by atoms with E-state index in [2.05, 4.69) is 39.0 Å². The molecule has 0 aliphatic heterocycles. The number of carbonyl (C=O) groups excluding carboxylic acids is 1. The Bertz CT molecular complexity index is 692. The topological polar surface area (TPSA) is 108 Å². The molecule has 1 aromatic heterocycles. The maximum Gasteiger partial charge on any atom is 0.515 e. The van der Waals surface area contributed by atoms with Crippen LogP contribution >= 0.6 is 24.8 Å². The van der Waals surface area contributed by atoms with Gasteiger partial charge in [-0.1, -0.05) is 13.8 Å². The number of nitrogens with zero attached hydrogens (tertiary/aromatic N) is 4. The van der Waals surface area contributed by atoms with E-state index in [-0.39, 0.29) is 30.7 Å². The van der Waals surface area contributed by atoms with E-state index in [9.17, 15) is 4.79 Å². The Morgan fingerprint density at radius 2 is 1.81 bits per heavy atom. The van der Waals surface area contributed by atoms with Crippen molar-refractivity contribution in [3.05, 3.63) is 24.3 Å². The number of ether oxygens (including phenoxy) is 2. The molecule has 0 radical (unpaired) electrons. The summed E-state index contributed by atoms with van der Waals surface area (Å²) in [7, 11) is 1.24. The molecule has 3 N–H and O–H groups in total. The van der Waals surface area contributed by atoms with E-state index < -0.39 is 6.16 Å². The van der Waals surface area contributed by atoms with Crippen LogP contribution in [0.15, 0.2) is 24.3 Å². The number of aromatic nitrogens is 3. The van der Waals surface area contributed by atoms with E-state index in [1.54, 1.807) is 24.3 Å². The Labute approximate surface area is 171 Å². The molecule has 0 saturated carbocycles. The van der Waals surface area contributed by atoms with Crippen molar-refractivity contribution < 1.29 is 14.3 Å². The summed E-state index contributed by atoms with van der Waals surface area (Å²) in [5.41, 5.74) is 7.08. The van der Waals surface area contributed by atoms with Crippen LogP contribution < -0.4 is 15.8 Å². The summed E-state index contributed by atoms with van der Waals surface area (Å²) in [4.78, 5) is 15.2. The molecule has 152 valence electrons. The molecular weight excluding hydrogens is 395 g/mol. The number of nitrogens with two attached hydrogens (primary N) is 1. The number of hydrogen-bond donors (Lipinski definition) is 2. The number of likely N-dealkylation sites (N-methyl/N-ethyl adjacent to an activating group) is 1. The molecule has 11 heteroatoms. The molecule has 1 aromatic carbocycles. The lowest BCUT2D eigenvalue weighted by Crippen LogP contribution is -2.27. The Kier molecular flexibility index (Phi) is 11.2. The quantitative estimate of drug-likeness (QED) is 0.495. The lowest BCUT2D eigenvalue weighted by atomic mass is 10.3. The fourth-order valence-electron chi connectivity index (χ4n) is 2.17. The van der Waals surface area contributed by atoms with Gasteiger partial charge in [-0.3, -0.25) is 0 Å². The van der Waals surface area contributed by atoms with Crippen molar-refractivity contribution in [3.8, 4) is 5.88 Å². The van der Waals surface area contributed by atoms with Crippen LogP contribution in [-0.4, -0.2) is 52.8 Å². The average molecular weight is 421 g/mol. The summed E-state index contributed by atoms with van der Waals surface area (Å²) in [5.74, 6) is 0.387. The summed E-state index contributed by atoms with van der Waals surface area (Å²) >= 11 is 0. The van der Waals surface area contributed by atoms with Gasteiger partial charge in [0, 0.05) is 17.9 Å². The average Bonchev–Trinajstić information content (AvgIpc) is 2.99. The van der Waals surface area contributed by atoms with E-state index in [0.717, 1.165) is 25.3 Å². The maximum atomic E-state index is 11.4. The number of benzene rings is 1. The molecule has 0 aliphatic rings. The Hall–Kier alpha value is -2.23. The Morgan fingerprint density at radius 1 is 1.19 bits per heavy atom. The lowest BCUT2D eigenvalue weighted by Gasteiger charge is -2.16. The molecule has 2 rings (SSSR count). The molecule has 2 aromatic rings. The van der Waals surface area contributed by atoms with E-state index in [0.29, 0.717) is 18.1 Å². The first-order chi connectivity index (χ1) is 12.0. The standard InChI is InChI=1S/C16H24N6O3.2ClH/c1-4-21(5-2)10-11-22-19-14(15(20-22)25-16(23)24-3)18-13-8-6-12(17)7-9-13;;/h6-9H,4-5,10-11,17H2,1-3H3,(H,18,19);2*1H. The van der Waals surface area contributed by atoms with Gasteiger partial charge in [-0.2, -0.15) is 4.80 Å². The molecule has 27 heavy (non-hydrogen) atoms. The largest absolute Gasteiger partial charge is 0.515 e. The van der Waals surface area contributed by atoms with Crippen LogP contribution in [0.4, 0.5) is 22.0 Å². The zero-order chi connectivity index (χ0) is 18.2. The molecule has 0 saturated heterocycles. The molecule has 0 spiro atoms. The fourth-order valence-corrected chi connectivity index (χ4v) is 2.17. The van der Waals surface area contributed by atoms with Crippen LogP contribution in [-0.2, 0) is 11.3 Å². The number of rotatable bonds is 8. The number of carbonyl (C=O) groups is 1. The number of hydrogen-bond acceptors (Lipinski definition) is 8. The molecule has 1 heterocycles. The van der Waals surface area contributed by atoms with Gasteiger partial charge in [-0.05, 0) is 37.4 Å². The number of anilines is 3. The van der Waals surface area contributed by atoms with Crippen molar-refractivity contribution >= 4 is 48.2 Å². The van der Waals surface area contributed by atoms with Crippen molar-refractivity contribution in [2.75, 3.05) is 37.8 Å². The van der Waals surface area contributed by atoms with Gasteiger partial charge in [-0.15, -0.1) is 35.0 Å². The summed E-state index contributed by atoms with van der Waals surface area (Å²) in [5, 5.41) is 11.6. The molecule has 0 unspecified atom stereocenters. The second kappa shape index (κ2) is 12.2. The minimum atomic E-state index is -0.851. The number of methoxy groups -OCH3 is 1. The summed E-state index contributed by atoms with van der Waals surface area (Å²) in [6, 6.07) is 7.11. The molecular formula is C16H26Cl2N6O3. The van der Waals surface area contributed by atoms with E-state index >= 15 is 0 Å². The van der Waals surface area contributed by atoms with Gasteiger partial charge in [0.25, 0.3) is 5.88 Å². The monoisotopic (exact) mass is 420 g/mol. The van der Waals surface area contributed by atoms with Gasteiger partial charge < -0.3 is 25.4 Å². The second-order valence-corrected chi connectivity index (χ2v) is 5.28. The normalized spacial score (nSPS) is 9.93. The van der Waals surface area contributed by atoms with Crippen molar-refractivity contribution in [1.82, 2.24) is 19.9 Å². The summed E-state index contributed by atoms with van der Waals surface area (Å²) in [6.45, 7) is 7.45. The first-order valence-electron chi connectivity index (χ1n) is 8.11.